The van der Waals surface area contributed by atoms with Gasteiger partial charge in [-0.05, 0) is 19.1 Å². The van der Waals surface area contributed by atoms with Gasteiger partial charge in [0.25, 0.3) is 0 Å². The van der Waals surface area contributed by atoms with Gasteiger partial charge in [-0.15, -0.1) is 0 Å². The zero-order valence-electron chi connectivity index (χ0n) is 10.1. The molecule has 6 heteroatoms. The van der Waals surface area contributed by atoms with E-state index in [2.05, 4.69) is 10.6 Å². The molecule has 0 heterocycles. The maximum atomic E-state index is 11.4. The number of carbonyl (C=O) groups excluding carboxylic acids is 1. The number of aliphatic carboxylic acids is 1. The van der Waals surface area contributed by atoms with Gasteiger partial charge in [-0.25, -0.2) is 9.59 Å². The smallest absolute Gasteiger partial charge is 0.329 e. The Bertz CT molecular complexity index is 403. The minimum absolute atomic E-state index is 0.160. The van der Waals surface area contributed by atoms with E-state index in [4.69, 9.17) is 9.84 Å². The zero-order chi connectivity index (χ0) is 13.4. The summed E-state index contributed by atoms with van der Waals surface area (Å²) in [6.07, 6.45) is 0. The van der Waals surface area contributed by atoms with Crippen molar-refractivity contribution in [2.45, 2.75) is 6.92 Å². The van der Waals surface area contributed by atoms with Crippen LogP contribution in [0.1, 0.15) is 5.56 Å². The molecule has 1 aromatic rings. The van der Waals surface area contributed by atoms with Crippen LogP contribution < -0.4 is 10.6 Å². The van der Waals surface area contributed by atoms with Gasteiger partial charge >= 0.3 is 12.0 Å². The maximum Gasteiger partial charge on any atom is 0.329 e. The Morgan fingerprint density at radius 3 is 2.56 bits per heavy atom. The van der Waals surface area contributed by atoms with Crippen molar-refractivity contribution in [1.29, 1.82) is 0 Å². The summed E-state index contributed by atoms with van der Waals surface area (Å²) in [5.74, 6) is -1.03. The molecule has 1 aromatic carbocycles. The van der Waals surface area contributed by atoms with E-state index in [9.17, 15) is 9.59 Å². The normalized spacial score (nSPS) is 9.83. The molecule has 18 heavy (non-hydrogen) atoms. The predicted molar refractivity (Wildman–Crippen MR) is 66.7 cm³/mol. The van der Waals surface area contributed by atoms with Gasteiger partial charge in [-0.3, -0.25) is 0 Å². The second-order valence-electron chi connectivity index (χ2n) is 3.69. The van der Waals surface area contributed by atoms with E-state index in [-0.39, 0.29) is 25.8 Å². The summed E-state index contributed by atoms with van der Waals surface area (Å²) in [6.45, 7) is 2.02. The average molecular weight is 252 g/mol. The molecular weight excluding hydrogens is 236 g/mol. The van der Waals surface area contributed by atoms with Gasteiger partial charge < -0.3 is 20.5 Å². The third-order valence-electron chi connectivity index (χ3n) is 2.07. The predicted octanol–water partition coefficient (Wildman–Crippen LogP) is 1.22. The lowest BCUT2D eigenvalue weighted by molar-refractivity contribution is -0.142. The summed E-state index contributed by atoms with van der Waals surface area (Å²) in [5, 5.41) is 13.5. The quantitative estimate of drug-likeness (QED) is 0.664. The number of hydrogen-bond acceptors (Lipinski definition) is 3. The fourth-order valence-corrected chi connectivity index (χ4v) is 1.21. The van der Waals surface area contributed by atoms with Crippen LogP contribution in [0.4, 0.5) is 10.5 Å². The van der Waals surface area contributed by atoms with Gasteiger partial charge in [-0.1, -0.05) is 17.7 Å². The molecule has 6 nitrogen and oxygen atoms in total. The van der Waals surface area contributed by atoms with E-state index < -0.39 is 5.97 Å². The Labute approximate surface area is 105 Å². The summed E-state index contributed by atoms with van der Waals surface area (Å²) >= 11 is 0. The van der Waals surface area contributed by atoms with Gasteiger partial charge in [-0.2, -0.15) is 0 Å². The summed E-state index contributed by atoms with van der Waals surface area (Å²) in [7, 11) is 0. The number of rotatable bonds is 6. The molecular formula is C12H16N2O4. The third kappa shape index (κ3) is 5.86. The summed E-state index contributed by atoms with van der Waals surface area (Å²) in [4.78, 5) is 21.5. The molecule has 1 rings (SSSR count). The first-order valence-electron chi connectivity index (χ1n) is 5.49. The molecule has 0 unspecified atom stereocenters. The SMILES string of the molecule is Cc1ccc(NC(=O)NCCOCC(=O)O)cc1. The first-order valence-corrected chi connectivity index (χ1v) is 5.49. The highest BCUT2D eigenvalue weighted by Gasteiger charge is 2.01. The Morgan fingerprint density at radius 2 is 1.94 bits per heavy atom. The molecule has 0 aromatic heterocycles. The van der Waals surface area contributed by atoms with E-state index in [1.54, 1.807) is 12.1 Å². The van der Waals surface area contributed by atoms with Crippen LogP contribution in [0.25, 0.3) is 0 Å². The van der Waals surface area contributed by atoms with Crippen LogP contribution in [-0.4, -0.2) is 36.9 Å². The lowest BCUT2D eigenvalue weighted by Gasteiger charge is -2.07. The number of benzene rings is 1. The largest absolute Gasteiger partial charge is 0.480 e. The van der Waals surface area contributed by atoms with Crippen molar-refractivity contribution in [2.24, 2.45) is 0 Å². The van der Waals surface area contributed by atoms with E-state index in [1.807, 2.05) is 19.1 Å². The van der Waals surface area contributed by atoms with Crippen molar-refractivity contribution in [3.8, 4) is 0 Å². The van der Waals surface area contributed by atoms with Crippen LogP contribution in [0.3, 0.4) is 0 Å². The van der Waals surface area contributed by atoms with E-state index in [0.29, 0.717) is 5.69 Å². The molecule has 0 bridgehead atoms. The number of anilines is 1. The first kappa shape index (κ1) is 14.0. The number of aryl methyl sites for hydroxylation is 1. The van der Waals surface area contributed by atoms with Crippen molar-refractivity contribution >= 4 is 17.7 Å². The maximum absolute atomic E-state index is 11.4. The van der Waals surface area contributed by atoms with Gasteiger partial charge in [0, 0.05) is 12.2 Å². The standard InChI is InChI=1S/C12H16N2O4/c1-9-2-4-10(5-3-9)14-12(17)13-6-7-18-8-11(15)16/h2-5H,6-8H2,1H3,(H,15,16)(H2,13,14,17). The molecule has 0 fully saturated rings. The number of carbonyl (C=O) groups is 2. The van der Waals surface area contributed by atoms with E-state index in [1.165, 1.54) is 0 Å². The third-order valence-corrected chi connectivity index (χ3v) is 2.07. The monoisotopic (exact) mass is 252 g/mol. The van der Waals surface area contributed by atoms with Crippen LogP contribution in [-0.2, 0) is 9.53 Å². The number of nitrogens with one attached hydrogen (secondary N) is 2. The minimum atomic E-state index is -1.03. The lowest BCUT2D eigenvalue weighted by Crippen LogP contribution is -2.31. The van der Waals surface area contributed by atoms with Crippen LogP contribution >= 0.6 is 0 Å². The van der Waals surface area contributed by atoms with Gasteiger partial charge in [0.05, 0.1) is 6.61 Å². The molecule has 0 atom stereocenters. The molecule has 0 saturated carbocycles. The van der Waals surface area contributed by atoms with Gasteiger partial charge in [0.2, 0.25) is 0 Å². The van der Waals surface area contributed by atoms with Crippen molar-refractivity contribution in [1.82, 2.24) is 5.32 Å². The Balaban J connectivity index is 2.17. The van der Waals surface area contributed by atoms with Crippen molar-refractivity contribution in [3.63, 3.8) is 0 Å². The number of urea groups is 1. The van der Waals surface area contributed by atoms with Crippen molar-refractivity contribution in [2.75, 3.05) is 25.1 Å². The summed E-state index contributed by atoms with van der Waals surface area (Å²) in [5.41, 5.74) is 1.81. The topological polar surface area (TPSA) is 87.7 Å². The second-order valence-corrected chi connectivity index (χ2v) is 3.69. The average Bonchev–Trinajstić information content (AvgIpc) is 2.31. The number of carboxylic acid groups (broad SMARTS) is 1. The first-order chi connectivity index (χ1) is 8.58. The molecule has 2 amide bonds. The number of amides is 2. The molecule has 0 aliphatic rings. The number of ether oxygens (including phenoxy) is 1. The summed E-state index contributed by atoms with van der Waals surface area (Å²) in [6, 6.07) is 7.04. The Hall–Kier alpha value is -2.08. The van der Waals surface area contributed by atoms with Crippen LogP contribution in [0.15, 0.2) is 24.3 Å². The molecule has 0 aliphatic heterocycles. The zero-order valence-corrected chi connectivity index (χ0v) is 10.1. The molecule has 0 spiro atoms. The fourth-order valence-electron chi connectivity index (χ4n) is 1.21. The van der Waals surface area contributed by atoms with Crippen LogP contribution in [0.2, 0.25) is 0 Å². The second kappa shape index (κ2) is 7.29. The molecule has 98 valence electrons. The van der Waals surface area contributed by atoms with Gasteiger partial charge in [0.15, 0.2) is 0 Å². The molecule has 0 radical (unpaired) electrons. The lowest BCUT2D eigenvalue weighted by atomic mass is 10.2. The fraction of sp³-hybridized carbons (Fsp3) is 0.333. The highest BCUT2D eigenvalue weighted by Crippen LogP contribution is 2.07. The Morgan fingerprint density at radius 1 is 1.28 bits per heavy atom. The van der Waals surface area contributed by atoms with Gasteiger partial charge in [0.1, 0.15) is 6.61 Å². The Kier molecular flexibility index (Phi) is 5.66. The van der Waals surface area contributed by atoms with Crippen LogP contribution in [0, 0.1) is 6.92 Å². The van der Waals surface area contributed by atoms with Crippen molar-refractivity contribution < 1.29 is 19.4 Å². The van der Waals surface area contributed by atoms with E-state index in [0.717, 1.165) is 5.56 Å². The molecule has 3 N–H and O–H groups in total. The van der Waals surface area contributed by atoms with Crippen molar-refractivity contribution in [3.05, 3.63) is 29.8 Å². The van der Waals surface area contributed by atoms with Crippen LogP contribution in [0.5, 0.6) is 0 Å². The highest BCUT2D eigenvalue weighted by atomic mass is 16.5. The number of hydrogen-bond donors (Lipinski definition) is 3. The molecule has 0 aliphatic carbocycles. The summed E-state index contributed by atoms with van der Waals surface area (Å²) < 4.78 is 4.77. The highest BCUT2D eigenvalue weighted by molar-refractivity contribution is 5.89. The van der Waals surface area contributed by atoms with E-state index >= 15 is 0 Å². The number of carboxylic acids is 1. The minimum Gasteiger partial charge on any atom is -0.480 e. The molecule has 0 saturated heterocycles.